The SMILES string of the molecule is COc1cc(/C=C/c2cc(O)cc(C)c2CC=C(C)C)ccc1OCc1ccccc1. The fraction of sp³-hybridized carbons (Fsp3) is 0.214. The molecule has 31 heavy (non-hydrogen) atoms. The van der Waals surface area contributed by atoms with Gasteiger partial charge in [-0.25, -0.2) is 0 Å². The van der Waals surface area contributed by atoms with E-state index in [4.69, 9.17) is 9.47 Å². The third-order valence-electron chi connectivity index (χ3n) is 5.09. The number of methoxy groups -OCH3 is 1. The molecular formula is C28H30O3. The Bertz CT molecular complexity index is 1070. The van der Waals surface area contributed by atoms with Crippen LogP contribution in [0.3, 0.4) is 0 Å². The summed E-state index contributed by atoms with van der Waals surface area (Å²) in [6, 6.07) is 19.6. The Labute approximate surface area is 185 Å². The van der Waals surface area contributed by atoms with E-state index < -0.39 is 0 Å². The number of benzene rings is 3. The average Bonchev–Trinajstić information content (AvgIpc) is 2.76. The highest BCUT2D eigenvalue weighted by atomic mass is 16.5. The van der Waals surface area contributed by atoms with E-state index in [1.165, 1.54) is 11.1 Å². The standard InChI is InChI=1S/C28H30O3/c1-20(2)10-14-26-21(3)16-25(29)18-24(26)13-11-22-12-15-27(28(17-22)30-4)31-19-23-8-6-5-7-9-23/h5-13,15-18,29H,14,19H2,1-4H3/b13-11+. The number of hydrogen-bond donors (Lipinski definition) is 1. The Morgan fingerprint density at radius 2 is 1.71 bits per heavy atom. The molecule has 0 saturated heterocycles. The van der Waals surface area contributed by atoms with Gasteiger partial charge in [0, 0.05) is 0 Å². The van der Waals surface area contributed by atoms with E-state index in [0.29, 0.717) is 18.1 Å². The minimum Gasteiger partial charge on any atom is -0.508 e. The van der Waals surface area contributed by atoms with Crippen molar-refractivity contribution < 1.29 is 14.6 Å². The van der Waals surface area contributed by atoms with Crippen molar-refractivity contribution in [1.29, 1.82) is 0 Å². The number of hydrogen-bond acceptors (Lipinski definition) is 3. The van der Waals surface area contributed by atoms with E-state index in [9.17, 15) is 5.11 Å². The number of aromatic hydroxyl groups is 1. The van der Waals surface area contributed by atoms with E-state index in [0.717, 1.165) is 28.7 Å². The Morgan fingerprint density at radius 3 is 2.42 bits per heavy atom. The molecule has 0 amide bonds. The van der Waals surface area contributed by atoms with Crippen LogP contribution in [0.15, 0.2) is 72.3 Å². The number of aryl methyl sites for hydroxylation is 1. The van der Waals surface area contributed by atoms with Crippen LogP contribution in [0, 0.1) is 6.92 Å². The molecule has 0 aliphatic rings. The van der Waals surface area contributed by atoms with Crippen LogP contribution in [0.4, 0.5) is 0 Å². The highest BCUT2D eigenvalue weighted by Crippen LogP contribution is 2.30. The number of phenolic OH excluding ortho intramolecular Hbond substituents is 1. The maximum Gasteiger partial charge on any atom is 0.161 e. The normalized spacial score (nSPS) is 10.8. The second kappa shape index (κ2) is 10.5. The van der Waals surface area contributed by atoms with Crippen molar-refractivity contribution in [3.05, 3.63) is 100 Å². The van der Waals surface area contributed by atoms with Gasteiger partial charge in [0.05, 0.1) is 7.11 Å². The van der Waals surface area contributed by atoms with Crippen LogP contribution in [0.25, 0.3) is 12.2 Å². The minimum atomic E-state index is 0.278. The zero-order valence-corrected chi connectivity index (χ0v) is 18.7. The summed E-state index contributed by atoms with van der Waals surface area (Å²) in [5, 5.41) is 10.1. The zero-order valence-electron chi connectivity index (χ0n) is 18.7. The number of allylic oxidation sites excluding steroid dienone is 2. The van der Waals surface area contributed by atoms with Crippen molar-refractivity contribution in [2.24, 2.45) is 0 Å². The molecule has 0 bridgehead atoms. The third-order valence-corrected chi connectivity index (χ3v) is 5.09. The highest BCUT2D eigenvalue weighted by Gasteiger charge is 2.07. The van der Waals surface area contributed by atoms with Gasteiger partial charge in [0.15, 0.2) is 11.5 Å². The minimum absolute atomic E-state index is 0.278. The van der Waals surface area contributed by atoms with Crippen molar-refractivity contribution in [3.63, 3.8) is 0 Å². The van der Waals surface area contributed by atoms with E-state index in [1.54, 1.807) is 7.11 Å². The highest BCUT2D eigenvalue weighted by molar-refractivity contribution is 5.73. The van der Waals surface area contributed by atoms with Gasteiger partial charge < -0.3 is 14.6 Å². The molecule has 0 saturated carbocycles. The fourth-order valence-electron chi connectivity index (χ4n) is 3.39. The maximum absolute atomic E-state index is 10.1. The molecule has 0 radical (unpaired) electrons. The molecule has 0 spiro atoms. The lowest BCUT2D eigenvalue weighted by Gasteiger charge is -2.12. The van der Waals surface area contributed by atoms with Crippen molar-refractivity contribution in [3.8, 4) is 17.2 Å². The molecule has 3 rings (SSSR count). The molecule has 0 aliphatic heterocycles. The lowest BCUT2D eigenvalue weighted by molar-refractivity contribution is 0.284. The van der Waals surface area contributed by atoms with Gasteiger partial charge in [-0.3, -0.25) is 0 Å². The molecule has 160 valence electrons. The third kappa shape index (κ3) is 6.26. The molecule has 0 fully saturated rings. The Kier molecular flexibility index (Phi) is 7.55. The van der Waals surface area contributed by atoms with Crippen molar-refractivity contribution >= 4 is 12.2 Å². The Hall–Kier alpha value is -3.46. The molecule has 0 atom stereocenters. The van der Waals surface area contributed by atoms with Gasteiger partial charge in [-0.2, -0.15) is 0 Å². The largest absolute Gasteiger partial charge is 0.508 e. The first-order chi connectivity index (χ1) is 15.0. The first-order valence-corrected chi connectivity index (χ1v) is 10.4. The van der Waals surface area contributed by atoms with Crippen LogP contribution in [-0.4, -0.2) is 12.2 Å². The smallest absolute Gasteiger partial charge is 0.161 e. The van der Waals surface area contributed by atoms with Crippen molar-refractivity contribution in [1.82, 2.24) is 0 Å². The van der Waals surface area contributed by atoms with Gasteiger partial charge in [0.2, 0.25) is 0 Å². The predicted molar refractivity (Wildman–Crippen MR) is 129 cm³/mol. The van der Waals surface area contributed by atoms with E-state index in [-0.39, 0.29) is 5.75 Å². The molecule has 0 aliphatic carbocycles. The van der Waals surface area contributed by atoms with Crippen LogP contribution in [0.5, 0.6) is 17.2 Å². The molecule has 0 heterocycles. The quantitative estimate of drug-likeness (QED) is 0.320. The van der Waals surface area contributed by atoms with E-state index in [1.807, 2.05) is 79.7 Å². The molecular weight excluding hydrogens is 384 g/mol. The molecule has 3 heteroatoms. The molecule has 1 N–H and O–H groups in total. The maximum atomic E-state index is 10.1. The molecule has 0 unspecified atom stereocenters. The van der Waals surface area contributed by atoms with Crippen molar-refractivity contribution in [2.75, 3.05) is 7.11 Å². The fourth-order valence-corrected chi connectivity index (χ4v) is 3.39. The van der Waals surface area contributed by atoms with Crippen LogP contribution < -0.4 is 9.47 Å². The van der Waals surface area contributed by atoms with Crippen LogP contribution >= 0.6 is 0 Å². The average molecular weight is 415 g/mol. The summed E-state index contributed by atoms with van der Waals surface area (Å²) in [5.74, 6) is 1.68. The second-order valence-electron chi connectivity index (χ2n) is 7.83. The molecule has 3 nitrogen and oxygen atoms in total. The summed E-state index contributed by atoms with van der Waals surface area (Å²) in [6.07, 6.45) is 7.12. The summed E-state index contributed by atoms with van der Waals surface area (Å²) in [5.41, 5.74) is 6.69. The van der Waals surface area contributed by atoms with Crippen LogP contribution in [0.1, 0.15) is 41.7 Å². The van der Waals surface area contributed by atoms with Gasteiger partial charge >= 0.3 is 0 Å². The van der Waals surface area contributed by atoms with Gasteiger partial charge in [0.25, 0.3) is 0 Å². The zero-order chi connectivity index (χ0) is 22.2. The lowest BCUT2D eigenvalue weighted by atomic mass is 9.96. The van der Waals surface area contributed by atoms with Gasteiger partial charge in [-0.1, -0.05) is 60.2 Å². The number of phenols is 1. The predicted octanol–water partition coefficient (Wildman–Crippen LogP) is 6.97. The van der Waals surface area contributed by atoms with E-state index in [2.05, 4.69) is 19.9 Å². The summed E-state index contributed by atoms with van der Waals surface area (Å²) in [6.45, 7) is 6.72. The first-order valence-electron chi connectivity index (χ1n) is 10.4. The summed E-state index contributed by atoms with van der Waals surface area (Å²) >= 11 is 0. The molecule has 3 aromatic rings. The summed E-state index contributed by atoms with van der Waals surface area (Å²) < 4.78 is 11.5. The van der Waals surface area contributed by atoms with Gasteiger partial charge in [-0.05, 0) is 79.3 Å². The summed E-state index contributed by atoms with van der Waals surface area (Å²) in [4.78, 5) is 0. The second-order valence-corrected chi connectivity index (χ2v) is 7.83. The topological polar surface area (TPSA) is 38.7 Å². The Morgan fingerprint density at radius 1 is 0.935 bits per heavy atom. The Balaban J connectivity index is 1.82. The van der Waals surface area contributed by atoms with E-state index >= 15 is 0 Å². The molecule has 3 aromatic carbocycles. The van der Waals surface area contributed by atoms with Crippen LogP contribution in [-0.2, 0) is 13.0 Å². The lowest BCUT2D eigenvalue weighted by Crippen LogP contribution is -1.97. The first kappa shape index (κ1) is 22.2. The summed E-state index contributed by atoms with van der Waals surface area (Å²) in [7, 11) is 1.65. The molecule has 0 aromatic heterocycles. The number of rotatable bonds is 8. The van der Waals surface area contributed by atoms with Gasteiger partial charge in [0.1, 0.15) is 12.4 Å². The monoisotopic (exact) mass is 414 g/mol. The van der Waals surface area contributed by atoms with Crippen LogP contribution in [0.2, 0.25) is 0 Å². The van der Waals surface area contributed by atoms with Crippen molar-refractivity contribution in [2.45, 2.75) is 33.8 Å². The number of ether oxygens (including phenoxy) is 2. The van der Waals surface area contributed by atoms with Gasteiger partial charge in [-0.15, -0.1) is 0 Å².